The zero-order chi connectivity index (χ0) is 17.0. The summed E-state index contributed by atoms with van der Waals surface area (Å²) >= 11 is 1.80. The van der Waals surface area contributed by atoms with Crippen molar-refractivity contribution in [1.29, 1.82) is 0 Å². The average Bonchev–Trinajstić information content (AvgIpc) is 2.95. The summed E-state index contributed by atoms with van der Waals surface area (Å²) in [5, 5.41) is 3.40. The van der Waals surface area contributed by atoms with Gasteiger partial charge in [-0.1, -0.05) is 44.2 Å². The Hall–Kier alpha value is -1.40. The predicted octanol–water partition coefficient (Wildman–Crippen LogP) is 3.60. The lowest BCUT2D eigenvalue weighted by Crippen LogP contribution is -2.38. The van der Waals surface area contributed by atoms with Crippen LogP contribution in [0.25, 0.3) is 0 Å². The molecule has 1 aromatic carbocycles. The van der Waals surface area contributed by atoms with Crippen molar-refractivity contribution >= 4 is 29.7 Å². The minimum atomic E-state index is -0.608. The van der Waals surface area contributed by atoms with E-state index >= 15 is 0 Å². The number of amides is 1. The molecule has 6 heteroatoms. The van der Waals surface area contributed by atoms with Crippen LogP contribution in [0.15, 0.2) is 42.5 Å². The third-order valence-electron chi connectivity index (χ3n) is 4.63. The molecule has 2 rings (SSSR count). The number of rotatable bonds is 7. The summed E-state index contributed by atoms with van der Waals surface area (Å²) in [5.41, 5.74) is 6.26. The van der Waals surface area contributed by atoms with Crippen molar-refractivity contribution < 1.29 is 10.3 Å². The minimum Gasteiger partial charge on any atom is -0.412 e. The van der Waals surface area contributed by atoms with Gasteiger partial charge in [0.05, 0.1) is 5.41 Å². The number of carbonyl (C=O) groups excluding carboxylic acids is 1. The summed E-state index contributed by atoms with van der Waals surface area (Å²) in [4.78, 5) is 14.6. The number of carbonyl (C=O) groups is 1. The van der Waals surface area contributed by atoms with E-state index in [4.69, 9.17) is 5.73 Å². The van der Waals surface area contributed by atoms with Gasteiger partial charge < -0.3 is 16.5 Å². The van der Waals surface area contributed by atoms with Crippen molar-refractivity contribution in [3.63, 3.8) is 0 Å². The summed E-state index contributed by atoms with van der Waals surface area (Å²) in [5.74, 6) is -0.204. The third kappa shape index (κ3) is 5.54. The molecule has 0 aliphatic carbocycles. The molecule has 140 valence electrons. The molecule has 0 spiro atoms. The molecule has 5 N–H and O–H groups in total. The lowest BCUT2D eigenvalue weighted by molar-refractivity contribution is -0.127. The molecule has 4 nitrogen and oxygen atoms in total. The van der Waals surface area contributed by atoms with Crippen LogP contribution in [0.2, 0.25) is 0 Å². The van der Waals surface area contributed by atoms with E-state index in [1.54, 1.807) is 11.3 Å². The highest BCUT2D eigenvalue weighted by Crippen LogP contribution is 2.42. The van der Waals surface area contributed by atoms with E-state index in [1.807, 2.05) is 39.1 Å². The Bertz CT molecular complexity index is 658. The van der Waals surface area contributed by atoms with Crippen molar-refractivity contribution in [2.24, 2.45) is 11.1 Å². The van der Waals surface area contributed by atoms with Gasteiger partial charge in [-0.05, 0) is 44.0 Å². The maximum Gasteiger partial charge on any atom is 0.223 e. The molecular weight excluding hydrogens is 356 g/mol. The Morgan fingerprint density at radius 3 is 2.24 bits per heavy atom. The van der Waals surface area contributed by atoms with Gasteiger partial charge in [0, 0.05) is 15.8 Å². The van der Waals surface area contributed by atoms with E-state index in [0.29, 0.717) is 0 Å². The number of aryl methyl sites for hydroxylation is 1. The lowest BCUT2D eigenvalue weighted by Gasteiger charge is -2.34. The summed E-state index contributed by atoms with van der Waals surface area (Å²) in [6, 6.07) is 14.7. The molecule has 25 heavy (non-hydrogen) atoms. The van der Waals surface area contributed by atoms with Crippen LogP contribution in [0.4, 0.5) is 0 Å². The number of thiophene rings is 1. The summed E-state index contributed by atoms with van der Waals surface area (Å²) in [6.45, 7) is 6.00. The lowest BCUT2D eigenvalue weighted by atomic mass is 9.71. The van der Waals surface area contributed by atoms with Crippen LogP contribution in [-0.4, -0.2) is 18.4 Å². The van der Waals surface area contributed by atoms with Crippen LogP contribution in [0.3, 0.4) is 0 Å². The highest BCUT2D eigenvalue weighted by atomic mass is 35.5. The molecule has 0 fully saturated rings. The number of hydrogen-bond acceptors (Lipinski definition) is 3. The van der Waals surface area contributed by atoms with Crippen LogP contribution in [0, 0.1) is 12.3 Å². The molecule has 0 aliphatic rings. The maximum absolute atomic E-state index is 12.1. The molecule has 2 unspecified atom stereocenters. The van der Waals surface area contributed by atoms with E-state index in [9.17, 15) is 4.79 Å². The van der Waals surface area contributed by atoms with Crippen molar-refractivity contribution in [2.45, 2.75) is 39.2 Å². The van der Waals surface area contributed by atoms with Crippen LogP contribution in [-0.2, 0) is 4.79 Å². The fourth-order valence-electron chi connectivity index (χ4n) is 2.96. The summed E-state index contributed by atoms with van der Waals surface area (Å²) in [7, 11) is 1.97. The fourth-order valence-corrected chi connectivity index (χ4v) is 3.96. The van der Waals surface area contributed by atoms with Gasteiger partial charge in [-0.25, -0.2) is 0 Å². The first-order chi connectivity index (χ1) is 10.9. The van der Waals surface area contributed by atoms with Crippen LogP contribution in [0.5, 0.6) is 0 Å². The van der Waals surface area contributed by atoms with E-state index in [0.717, 1.165) is 12.0 Å². The SMILES string of the molecule is CNC(CC(c1ccccc1)C(C)(C)C(N)=O)c1ccc(C)s1.Cl.O. The molecule has 0 radical (unpaired) electrons. The molecule has 0 aliphatic heterocycles. The summed E-state index contributed by atoms with van der Waals surface area (Å²) in [6.07, 6.45) is 0.830. The molecule has 1 amide bonds. The Labute approximate surface area is 160 Å². The van der Waals surface area contributed by atoms with Crippen LogP contribution in [0.1, 0.15) is 47.5 Å². The predicted molar refractivity (Wildman–Crippen MR) is 108 cm³/mol. The Kier molecular flexibility index (Phi) is 9.37. The number of benzene rings is 1. The highest BCUT2D eigenvalue weighted by Gasteiger charge is 2.37. The van der Waals surface area contributed by atoms with Gasteiger partial charge in [0.25, 0.3) is 0 Å². The van der Waals surface area contributed by atoms with Gasteiger partial charge >= 0.3 is 0 Å². The van der Waals surface area contributed by atoms with Crippen molar-refractivity contribution in [3.8, 4) is 0 Å². The first-order valence-electron chi connectivity index (χ1n) is 7.94. The molecule has 0 saturated carbocycles. The quantitative estimate of drug-likeness (QED) is 0.763. The highest BCUT2D eigenvalue weighted by molar-refractivity contribution is 7.12. The van der Waals surface area contributed by atoms with Gasteiger partial charge in [-0.3, -0.25) is 4.79 Å². The Morgan fingerprint density at radius 2 is 1.80 bits per heavy atom. The average molecular weight is 385 g/mol. The number of halogens is 1. The third-order valence-corrected chi connectivity index (χ3v) is 5.75. The Morgan fingerprint density at radius 1 is 1.20 bits per heavy atom. The molecule has 0 bridgehead atoms. The van der Waals surface area contributed by atoms with E-state index in [2.05, 4.69) is 36.5 Å². The Balaban J connectivity index is 0.00000288. The van der Waals surface area contributed by atoms with Gasteiger partial charge in [-0.15, -0.1) is 23.7 Å². The van der Waals surface area contributed by atoms with E-state index in [-0.39, 0.29) is 35.8 Å². The van der Waals surface area contributed by atoms with E-state index in [1.165, 1.54) is 9.75 Å². The van der Waals surface area contributed by atoms with Crippen molar-refractivity contribution in [1.82, 2.24) is 5.32 Å². The monoisotopic (exact) mass is 384 g/mol. The van der Waals surface area contributed by atoms with Crippen molar-refractivity contribution in [3.05, 3.63) is 57.8 Å². The van der Waals surface area contributed by atoms with Gasteiger partial charge in [0.15, 0.2) is 0 Å². The van der Waals surface area contributed by atoms with Crippen LogP contribution >= 0.6 is 23.7 Å². The largest absolute Gasteiger partial charge is 0.412 e. The molecule has 2 aromatic rings. The smallest absolute Gasteiger partial charge is 0.223 e. The molecular formula is C19H29ClN2O2S. The molecule has 0 saturated heterocycles. The van der Waals surface area contributed by atoms with Crippen LogP contribution < -0.4 is 11.1 Å². The first kappa shape index (κ1) is 23.6. The number of nitrogens with two attached hydrogens (primary N) is 1. The van der Waals surface area contributed by atoms with Crippen molar-refractivity contribution in [2.75, 3.05) is 7.05 Å². The summed E-state index contributed by atoms with van der Waals surface area (Å²) < 4.78 is 0. The zero-order valence-electron chi connectivity index (χ0n) is 15.2. The standard InChI is InChI=1S/C19H26N2OS.ClH.H2O/c1-13-10-11-17(23-13)16(21-4)12-15(19(2,3)18(20)22)14-8-6-5-7-9-14;;/h5-11,15-16,21H,12H2,1-4H3,(H2,20,22);1H;1H2. The maximum atomic E-state index is 12.1. The molecule has 1 aromatic heterocycles. The minimum absolute atomic E-state index is 0. The molecule has 1 heterocycles. The number of nitrogens with one attached hydrogen (secondary N) is 1. The second-order valence-electron chi connectivity index (χ2n) is 6.57. The number of primary amides is 1. The first-order valence-corrected chi connectivity index (χ1v) is 8.76. The van der Waals surface area contributed by atoms with Gasteiger partial charge in [0.2, 0.25) is 5.91 Å². The van der Waals surface area contributed by atoms with E-state index < -0.39 is 5.41 Å². The fraction of sp³-hybridized carbons (Fsp3) is 0.421. The topological polar surface area (TPSA) is 86.6 Å². The van der Waals surface area contributed by atoms with Gasteiger partial charge in [-0.2, -0.15) is 0 Å². The normalized spacial score (nSPS) is 13.3. The zero-order valence-corrected chi connectivity index (χ0v) is 16.8. The second kappa shape index (κ2) is 9.92. The van der Waals surface area contributed by atoms with Gasteiger partial charge in [0.1, 0.15) is 0 Å². The molecule has 2 atom stereocenters. The second-order valence-corrected chi connectivity index (χ2v) is 7.89. The number of hydrogen-bond donors (Lipinski definition) is 2.